The molecule has 12 heavy (non-hydrogen) atoms. The second-order valence-corrected chi connectivity index (χ2v) is 2.80. The summed E-state index contributed by atoms with van der Waals surface area (Å²) < 4.78 is 18.2. The fraction of sp³-hybridized carbons (Fsp3) is 0.857. The highest BCUT2D eigenvalue weighted by Gasteiger charge is 2.55. The maximum Gasteiger partial charge on any atom is 0.190 e. The van der Waals surface area contributed by atoms with Crippen LogP contribution in [0.25, 0.3) is 0 Å². The summed E-state index contributed by atoms with van der Waals surface area (Å²) in [5, 5.41) is 26.4. The van der Waals surface area contributed by atoms with Gasteiger partial charge in [-0.1, -0.05) is 0 Å². The number of aliphatic hydroxyl groups excluding tert-OH is 3. The summed E-state index contributed by atoms with van der Waals surface area (Å²) in [4.78, 5) is 0. The monoisotopic (exact) mass is 178 g/mol. The Labute approximate surface area is 69.6 Å². The minimum Gasteiger partial charge on any atom is -0.394 e. The summed E-state index contributed by atoms with van der Waals surface area (Å²) >= 11 is 0. The predicted molar refractivity (Wildman–Crippen MR) is 37.0 cm³/mol. The molecule has 3 N–H and O–H groups in total. The molecule has 1 fully saturated rings. The maximum absolute atomic E-state index is 13.5. The zero-order valence-corrected chi connectivity index (χ0v) is 6.35. The van der Waals surface area contributed by atoms with Gasteiger partial charge in [0.15, 0.2) is 5.67 Å². The third kappa shape index (κ3) is 1.22. The van der Waals surface area contributed by atoms with Crippen LogP contribution in [0.5, 0.6) is 0 Å². The lowest BCUT2D eigenvalue weighted by atomic mass is 9.94. The molecule has 1 aliphatic heterocycles. The Hall–Kier alpha value is -0.230. The van der Waals surface area contributed by atoms with Crippen molar-refractivity contribution in [3.63, 3.8) is 0 Å². The standard InChI is InChI=1S/C7H11FO4/c1-4-6(11)7(8,3-10)5(2-9)12-4/h1,4-6,9-11H,2-3H2/t4-,5+,6?,7+/m0/s1. The molecule has 0 aromatic carbocycles. The lowest BCUT2D eigenvalue weighted by Crippen LogP contribution is -2.48. The summed E-state index contributed by atoms with van der Waals surface area (Å²) in [7, 11) is 0. The van der Waals surface area contributed by atoms with Crippen molar-refractivity contribution < 1.29 is 24.4 Å². The van der Waals surface area contributed by atoms with Crippen LogP contribution in [0.1, 0.15) is 0 Å². The predicted octanol–water partition coefficient (Wildman–Crippen LogP) is -1.48. The summed E-state index contributed by atoms with van der Waals surface area (Å²) in [6, 6.07) is 0. The largest absolute Gasteiger partial charge is 0.394 e. The Balaban J connectivity index is 2.80. The molecule has 0 amide bonds. The molecule has 5 heteroatoms. The van der Waals surface area contributed by atoms with Crippen molar-refractivity contribution in [1.29, 1.82) is 0 Å². The summed E-state index contributed by atoms with van der Waals surface area (Å²) in [6.45, 7) is 3.61. The second kappa shape index (κ2) is 3.26. The van der Waals surface area contributed by atoms with Crippen LogP contribution in [0.2, 0.25) is 0 Å². The molecule has 1 aliphatic rings. The fourth-order valence-corrected chi connectivity index (χ4v) is 1.23. The van der Waals surface area contributed by atoms with Crippen molar-refractivity contribution in [3.8, 4) is 0 Å². The van der Waals surface area contributed by atoms with Crippen LogP contribution in [-0.2, 0) is 4.74 Å². The number of ether oxygens (including phenoxy) is 1. The first-order chi connectivity index (χ1) is 5.56. The summed E-state index contributed by atoms with van der Waals surface area (Å²) in [6.07, 6.45) is -4.05. The van der Waals surface area contributed by atoms with Crippen LogP contribution in [0.3, 0.4) is 0 Å². The first-order valence-electron chi connectivity index (χ1n) is 3.56. The SMILES string of the molecule is [CH][C@@H]1O[C@H](CO)[C@](F)(CO)C1O. The highest BCUT2D eigenvalue weighted by Crippen LogP contribution is 2.33. The van der Waals surface area contributed by atoms with Crippen LogP contribution in [0.15, 0.2) is 0 Å². The van der Waals surface area contributed by atoms with E-state index in [4.69, 9.17) is 22.2 Å². The second-order valence-electron chi connectivity index (χ2n) is 2.80. The van der Waals surface area contributed by atoms with Crippen molar-refractivity contribution in [1.82, 2.24) is 0 Å². The van der Waals surface area contributed by atoms with Gasteiger partial charge in [-0.25, -0.2) is 4.39 Å². The van der Waals surface area contributed by atoms with Crippen LogP contribution < -0.4 is 0 Å². The molecule has 0 spiro atoms. The van der Waals surface area contributed by atoms with E-state index in [0.717, 1.165) is 0 Å². The van der Waals surface area contributed by atoms with Gasteiger partial charge in [-0.2, -0.15) is 0 Å². The molecule has 1 rings (SSSR count). The topological polar surface area (TPSA) is 69.9 Å². The molecule has 0 saturated carbocycles. The molecule has 4 nitrogen and oxygen atoms in total. The van der Waals surface area contributed by atoms with Crippen LogP contribution in [-0.4, -0.2) is 52.5 Å². The van der Waals surface area contributed by atoms with Crippen molar-refractivity contribution in [3.05, 3.63) is 6.92 Å². The van der Waals surface area contributed by atoms with E-state index in [9.17, 15) is 4.39 Å². The van der Waals surface area contributed by atoms with E-state index in [1.165, 1.54) is 0 Å². The average molecular weight is 178 g/mol. The number of aliphatic hydroxyl groups is 3. The lowest BCUT2D eigenvalue weighted by molar-refractivity contribution is -0.0641. The van der Waals surface area contributed by atoms with Gasteiger partial charge in [0.2, 0.25) is 0 Å². The van der Waals surface area contributed by atoms with Crippen LogP contribution >= 0.6 is 0 Å². The molecule has 0 bridgehead atoms. The van der Waals surface area contributed by atoms with Gasteiger partial charge in [-0.3, -0.25) is 0 Å². The number of alkyl halides is 1. The number of hydrogen-bond donors (Lipinski definition) is 3. The van der Waals surface area contributed by atoms with Gasteiger partial charge in [0, 0.05) is 0 Å². The fourth-order valence-electron chi connectivity index (χ4n) is 1.23. The van der Waals surface area contributed by atoms with Gasteiger partial charge >= 0.3 is 0 Å². The van der Waals surface area contributed by atoms with E-state index >= 15 is 0 Å². The molecule has 0 aromatic heterocycles. The van der Waals surface area contributed by atoms with E-state index in [2.05, 4.69) is 4.74 Å². The zero-order valence-electron chi connectivity index (χ0n) is 6.35. The van der Waals surface area contributed by atoms with Gasteiger partial charge in [0.05, 0.1) is 19.3 Å². The maximum atomic E-state index is 13.5. The van der Waals surface area contributed by atoms with Crippen molar-refractivity contribution in [2.75, 3.05) is 13.2 Å². The van der Waals surface area contributed by atoms with Gasteiger partial charge in [0.1, 0.15) is 12.2 Å². The normalized spacial score (nSPS) is 48.2. The Morgan fingerprint density at radius 1 is 1.50 bits per heavy atom. The Morgan fingerprint density at radius 3 is 2.42 bits per heavy atom. The molecule has 4 atom stereocenters. The zero-order chi connectivity index (χ0) is 9.35. The molecule has 2 radical (unpaired) electrons. The molecular formula is C7H11FO4. The van der Waals surface area contributed by atoms with Crippen LogP contribution in [0, 0.1) is 6.92 Å². The Kier molecular flexibility index (Phi) is 2.67. The van der Waals surface area contributed by atoms with Gasteiger partial charge in [0.25, 0.3) is 0 Å². The molecule has 70 valence electrons. The van der Waals surface area contributed by atoms with E-state index in [1.807, 2.05) is 0 Å². The van der Waals surface area contributed by atoms with Gasteiger partial charge in [-0.15, -0.1) is 0 Å². The van der Waals surface area contributed by atoms with E-state index in [-0.39, 0.29) is 0 Å². The molecular weight excluding hydrogens is 167 g/mol. The van der Waals surface area contributed by atoms with E-state index < -0.39 is 37.2 Å². The highest BCUT2D eigenvalue weighted by atomic mass is 19.1. The lowest BCUT2D eigenvalue weighted by Gasteiger charge is -2.24. The number of hydrogen-bond acceptors (Lipinski definition) is 4. The minimum atomic E-state index is -2.35. The first kappa shape index (κ1) is 9.85. The molecule has 1 unspecified atom stereocenters. The summed E-state index contributed by atoms with van der Waals surface area (Å²) in [5.74, 6) is 0. The molecule has 0 aromatic rings. The summed E-state index contributed by atoms with van der Waals surface area (Å²) in [5.41, 5.74) is -2.35. The van der Waals surface area contributed by atoms with Crippen molar-refractivity contribution >= 4 is 0 Å². The number of halogens is 1. The van der Waals surface area contributed by atoms with Gasteiger partial charge in [-0.05, 0) is 6.92 Å². The van der Waals surface area contributed by atoms with Crippen molar-refractivity contribution in [2.45, 2.75) is 24.0 Å². The van der Waals surface area contributed by atoms with Crippen molar-refractivity contribution in [2.24, 2.45) is 0 Å². The third-order valence-electron chi connectivity index (χ3n) is 2.07. The van der Waals surface area contributed by atoms with Crippen LogP contribution in [0.4, 0.5) is 4.39 Å². The molecule has 1 heterocycles. The smallest absolute Gasteiger partial charge is 0.190 e. The average Bonchev–Trinajstić information content (AvgIpc) is 2.30. The quantitative estimate of drug-likeness (QED) is 0.482. The Morgan fingerprint density at radius 2 is 2.08 bits per heavy atom. The third-order valence-corrected chi connectivity index (χ3v) is 2.07. The highest BCUT2D eigenvalue weighted by molar-refractivity contribution is 5.04. The Bertz CT molecular complexity index is 165. The molecule has 0 aliphatic carbocycles. The van der Waals surface area contributed by atoms with Gasteiger partial charge < -0.3 is 20.1 Å². The first-order valence-corrected chi connectivity index (χ1v) is 3.56. The van der Waals surface area contributed by atoms with E-state index in [0.29, 0.717) is 0 Å². The minimum absolute atomic E-state index is 0.623. The van der Waals surface area contributed by atoms with E-state index in [1.54, 1.807) is 0 Å². The number of rotatable bonds is 2. The molecule has 1 saturated heterocycles.